The predicted molar refractivity (Wildman–Crippen MR) is 125 cm³/mol. The van der Waals surface area contributed by atoms with Crippen molar-refractivity contribution in [1.29, 1.82) is 5.26 Å². The summed E-state index contributed by atoms with van der Waals surface area (Å²) in [5.41, 5.74) is 2.75. The number of aromatic carboxylic acids is 1. The van der Waals surface area contributed by atoms with Crippen molar-refractivity contribution < 1.29 is 9.90 Å². The Bertz CT molecular complexity index is 1380. The summed E-state index contributed by atoms with van der Waals surface area (Å²) in [7, 11) is 0. The van der Waals surface area contributed by atoms with E-state index < -0.39 is 5.97 Å². The number of para-hydroxylation sites is 1. The zero-order chi connectivity index (χ0) is 23.3. The van der Waals surface area contributed by atoms with Crippen molar-refractivity contribution in [2.45, 2.75) is 39.2 Å². The maximum Gasteiger partial charge on any atom is 0.337 e. The molecular formula is C25H25N5O3. The van der Waals surface area contributed by atoms with Gasteiger partial charge in [0.2, 0.25) is 0 Å². The Hall–Kier alpha value is -3.86. The van der Waals surface area contributed by atoms with Gasteiger partial charge in [0.05, 0.1) is 11.6 Å². The highest BCUT2D eigenvalue weighted by atomic mass is 16.4. The van der Waals surface area contributed by atoms with Crippen LogP contribution in [0.2, 0.25) is 0 Å². The van der Waals surface area contributed by atoms with E-state index in [4.69, 9.17) is 4.98 Å². The van der Waals surface area contributed by atoms with Gasteiger partial charge in [-0.25, -0.2) is 9.78 Å². The third kappa shape index (κ3) is 3.41. The maximum atomic E-state index is 13.3. The normalized spacial score (nSPS) is 17.2. The summed E-state index contributed by atoms with van der Waals surface area (Å²) in [5, 5.41) is 22.5. The fourth-order valence-electron chi connectivity index (χ4n) is 5.05. The van der Waals surface area contributed by atoms with E-state index in [1.54, 1.807) is 30.5 Å². The molecule has 3 aromatic rings. The number of pyridine rings is 1. The molecule has 5 rings (SSSR count). The lowest BCUT2D eigenvalue weighted by atomic mass is 9.63. The molecule has 1 unspecified atom stereocenters. The summed E-state index contributed by atoms with van der Waals surface area (Å²) in [6, 6.07) is 10.4. The average molecular weight is 444 g/mol. The predicted octanol–water partition coefficient (Wildman–Crippen LogP) is 3.74. The lowest BCUT2D eigenvalue weighted by Gasteiger charge is -2.56. The van der Waals surface area contributed by atoms with Crippen LogP contribution < -0.4 is 15.8 Å². The van der Waals surface area contributed by atoms with Crippen molar-refractivity contribution in [2.75, 3.05) is 23.3 Å². The molecule has 0 radical (unpaired) electrons. The van der Waals surface area contributed by atoms with E-state index in [0.717, 1.165) is 24.2 Å². The topological polar surface area (TPSA) is 111 Å². The Morgan fingerprint density at radius 2 is 2.03 bits per heavy atom. The molecule has 168 valence electrons. The Morgan fingerprint density at radius 1 is 1.30 bits per heavy atom. The smallest absolute Gasteiger partial charge is 0.337 e. The van der Waals surface area contributed by atoms with Crippen LogP contribution in [0.25, 0.3) is 5.65 Å². The van der Waals surface area contributed by atoms with Crippen LogP contribution in [0.15, 0.2) is 41.3 Å². The van der Waals surface area contributed by atoms with Crippen LogP contribution in [0.3, 0.4) is 0 Å². The summed E-state index contributed by atoms with van der Waals surface area (Å²) in [5.74, 6) is -0.569. The quantitative estimate of drug-likeness (QED) is 0.618. The minimum atomic E-state index is -1.02. The van der Waals surface area contributed by atoms with E-state index in [9.17, 15) is 20.0 Å². The first-order chi connectivity index (χ1) is 15.8. The van der Waals surface area contributed by atoms with Gasteiger partial charge in [0.25, 0.3) is 5.56 Å². The highest BCUT2D eigenvalue weighted by Crippen LogP contribution is 2.49. The molecule has 1 spiro atoms. The second kappa shape index (κ2) is 7.62. The monoisotopic (exact) mass is 443 g/mol. The van der Waals surface area contributed by atoms with Gasteiger partial charge in [-0.15, -0.1) is 0 Å². The second-order valence-corrected chi connectivity index (χ2v) is 9.32. The molecule has 1 saturated heterocycles. The number of hydrogen-bond acceptors (Lipinski definition) is 6. The van der Waals surface area contributed by atoms with Gasteiger partial charge in [0, 0.05) is 36.0 Å². The molecule has 8 heteroatoms. The standard InChI is InChI=1S/C25H25N5O3/c1-15-10-18(16(2)27-20-7-4-3-6-17(20)24(32)33)22-28-21(19(11-26)23(31)30(22)12-15)29-13-25(14-29)8-5-9-25/h3-4,6-7,10,12,16,27H,5,8-9,13-14H2,1-2H3,(H,32,33). The number of aryl methyl sites for hydroxylation is 1. The summed E-state index contributed by atoms with van der Waals surface area (Å²) < 4.78 is 1.44. The lowest BCUT2D eigenvalue weighted by Crippen LogP contribution is -2.60. The van der Waals surface area contributed by atoms with Crippen LogP contribution in [0.5, 0.6) is 0 Å². The number of rotatable bonds is 5. The second-order valence-electron chi connectivity index (χ2n) is 9.32. The molecule has 33 heavy (non-hydrogen) atoms. The summed E-state index contributed by atoms with van der Waals surface area (Å²) in [4.78, 5) is 31.8. The molecule has 2 N–H and O–H groups in total. The molecule has 1 saturated carbocycles. The number of aromatic nitrogens is 2. The van der Waals surface area contributed by atoms with E-state index >= 15 is 0 Å². The number of nitrogens with one attached hydrogen (secondary N) is 1. The van der Waals surface area contributed by atoms with Gasteiger partial charge in [0.15, 0.2) is 11.4 Å². The van der Waals surface area contributed by atoms with Crippen molar-refractivity contribution >= 4 is 23.1 Å². The Kier molecular flexibility index (Phi) is 4.85. The van der Waals surface area contributed by atoms with Gasteiger partial charge in [-0.05, 0) is 50.5 Å². The van der Waals surface area contributed by atoms with Gasteiger partial charge >= 0.3 is 5.97 Å². The van der Waals surface area contributed by atoms with Gasteiger partial charge in [-0.2, -0.15) is 5.26 Å². The number of benzene rings is 1. The van der Waals surface area contributed by atoms with E-state index in [2.05, 4.69) is 11.4 Å². The molecule has 2 aliphatic rings. The zero-order valence-electron chi connectivity index (χ0n) is 18.6. The molecule has 1 aliphatic heterocycles. The molecule has 0 amide bonds. The van der Waals surface area contributed by atoms with Crippen molar-refractivity contribution in [3.63, 3.8) is 0 Å². The largest absolute Gasteiger partial charge is 0.478 e. The fourth-order valence-corrected chi connectivity index (χ4v) is 5.05. The van der Waals surface area contributed by atoms with Crippen molar-refractivity contribution in [3.8, 4) is 6.07 Å². The SMILES string of the molecule is Cc1cc(C(C)Nc2ccccc2C(=O)O)c2nc(N3CC4(CCC4)C3)c(C#N)c(=O)n2c1. The third-order valence-electron chi connectivity index (χ3n) is 6.94. The Morgan fingerprint density at radius 3 is 2.67 bits per heavy atom. The minimum Gasteiger partial charge on any atom is -0.478 e. The van der Waals surface area contributed by atoms with Crippen LogP contribution in [-0.2, 0) is 0 Å². The number of nitrogens with zero attached hydrogens (tertiary/aromatic N) is 4. The average Bonchev–Trinajstić information content (AvgIpc) is 2.72. The fraction of sp³-hybridized carbons (Fsp3) is 0.360. The summed E-state index contributed by atoms with van der Waals surface area (Å²) in [6.07, 6.45) is 5.30. The highest BCUT2D eigenvalue weighted by molar-refractivity contribution is 5.94. The van der Waals surface area contributed by atoms with Crippen molar-refractivity contribution in [2.24, 2.45) is 5.41 Å². The van der Waals surface area contributed by atoms with E-state index in [-0.39, 0.29) is 22.7 Å². The van der Waals surface area contributed by atoms with Crippen LogP contribution >= 0.6 is 0 Å². The summed E-state index contributed by atoms with van der Waals surface area (Å²) >= 11 is 0. The zero-order valence-corrected chi connectivity index (χ0v) is 18.6. The van der Waals surface area contributed by atoms with Gasteiger partial charge < -0.3 is 15.3 Å². The maximum absolute atomic E-state index is 13.3. The number of carboxylic acids is 1. The number of fused-ring (bicyclic) bond motifs is 1. The first-order valence-corrected chi connectivity index (χ1v) is 11.1. The van der Waals surface area contributed by atoms with Gasteiger partial charge in [0.1, 0.15) is 11.7 Å². The molecule has 1 aliphatic carbocycles. The lowest BCUT2D eigenvalue weighted by molar-refractivity contribution is 0.0698. The highest BCUT2D eigenvalue weighted by Gasteiger charge is 2.48. The van der Waals surface area contributed by atoms with Gasteiger partial charge in [-0.3, -0.25) is 9.20 Å². The Labute approximate surface area is 191 Å². The van der Waals surface area contributed by atoms with Crippen LogP contribution in [0.1, 0.15) is 59.3 Å². The number of anilines is 2. The first kappa shape index (κ1) is 21.0. The third-order valence-corrected chi connectivity index (χ3v) is 6.94. The van der Waals surface area contributed by atoms with Crippen molar-refractivity contribution in [3.05, 3.63) is 69.1 Å². The van der Waals surface area contributed by atoms with Crippen LogP contribution in [0.4, 0.5) is 11.5 Å². The van der Waals surface area contributed by atoms with E-state index in [1.807, 2.05) is 24.8 Å². The van der Waals surface area contributed by atoms with E-state index in [0.29, 0.717) is 22.6 Å². The number of hydrogen-bond donors (Lipinski definition) is 2. The van der Waals surface area contributed by atoms with Gasteiger partial charge in [-0.1, -0.05) is 18.6 Å². The minimum absolute atomic E-state index is 0.0649. The number of carboxylic acid groups (broad SMARTS) is 1. The van der Waals surface area contributed by atoms with Crippen LogP contribution in [0, 0.1) is 23.7 Å². The first-order valence-electron chi connectivity index (χ1n) is 11.1. The molecule has 3 heterocycles. The summed E-state index contributed by atoms with van der Waals surface area (Å²) in [6.45, 7) is 5.43. The van der Waals surface area contributed by atoms with Crippen LogP contribution in [-0.4, -0.2) is 33.6 Å². The molecule has 1 aromatic carbocycles. The molecule has 1 atom stereocenters. The molecule has 8 nitrogen and oxygen atoms in total. The van der Waals surface area contributed by atoms with E-state index in [1.165, 1.54) is 23.7 Å². The molecule has 2 aromatic heterocycles. The van der Waals surface area contributed by atoms with Crippen molar-refractivity contribution in [1.82, 2.24) is 9.38 Å². The molecule has 0 bridgehead atoms. The number of nitriles is 1. The molecule has 2 fully saturated rings. The number of carbonyl (C=O) groups is 1. The Balaban J connectivity index is 1.60. The molecular weight excluding hydrogens is 418 g/mol.